The zero-order chi connectivity index (χ0) is 16.3. The second-order valence-electron chi connectivity index (χ2n) is 6.04. The predicted octanol–water partition coefficient (Wildman–Crippen LogP) is 5.19. The molecule has 1 aliphatic rings. The minimum atomic E-state index is -0.328. The summed E-state index contributed by atoms with van der Waals surface area (Å²) in [5, 5.41) is 0.528. The van der Waals surface area contributed by atoms with Gasteiger partial charge in [-0.25, -0.2) is 0 Å². The van der Waals surface area contributed by atoms with Gasteiger partial charge in [-0.2, -0.15) is 0 Å². The molecule has 0 aliphatic heterocycles. The number of hydrogen-bond donors (Lipinski definition) is 0. The first-order chi connectivity index (χ1) is 10.4. The molecule has 1 aromatic carbocycles. The van der Waals surface area contributed by atoms with E-state index >= 15 is 0 Å². The molecule has 1 aromatic rings. The molecule has 3 nitrogen and oxygen atoms in total. The lowest BCUT2D eigenvalue weighted by atomic mass is 9.88. The molecule has 1 unspecified atom stereocenters. The van der Waals surface area contributed by atoms with Crippen molar-refractivity contribution in [2.24, 2.45) is 11.8 Å². The molecule has 0 aromatic heterocycles. The number of benzene rings is 1. The first-order valence-corrected chi connectivity index (χ1v) is 8.89. The van der Waals surface area contributed by atoms with Crippen molar-refractivity contribution < 1.29 is 14.3 Å². The second-order valence-corrected chi connectivity index (χ2v) is 7.30. The quantitative estimate of drug-likeness (QED) is 0.602. The molecule has 5 heteroatoms. The van der Waals surface area contributed by atoms with Crippen molar-refractivity contribution >= 4 is 33.5 Å². The number of hydrogen-bond acceptors (Lipinski definition) is 3. The molecular formula is C17H22BrClO3. The molecule has 0 bridgehead atoms. The minimum Gasteiger partial charge on any atom is -0.491 e. The van der Waals surface area contributed by atoms with Gasteiger partial charge in [0.25, 0.3) is 0 Å². The normalized spacial score (nSPS) is 15.7. The highest BCUT2D eigenvalue weighted by Gasteiger charge is 2.28. The summed E-state index contributed by atoms with van der Waals surface area (Å²) in [6.45, 7) is 6.89. The van der Waals surface area contributed by atoms with Crippen LogP contribution in [0.2, 0.25) is 5.02 Å². The van der Waals surface area contributed by atoms with Crippen molar-refractivity contribution in [1.29, 1.82) is 0 Å². The number of halogens is 2. The molecule has 1 saturated carbocycles. The third-order valence-corrected chi connectivity index (χ3v) is 4.62. The monoisotopic (exact) mass is 388 g/mol. The van der Waals surface area contributed by atoms with Gasteiger partial charge >= 0.3 is 5.97 Å². The molecule has 0 amide bonds. The van der Waals surface area contributed by atoms with Crippen LogP contribution >= 0.6 is 27.5 Å². The smallest absolute Gasteiger partial charge is 0.313 e. The Morgan fingerprint density at radius 1 is 1.41 bits per heavy atom. The van der Waals surface area contributed by atoms with Crippen LogP contribution in [-0.2, 0) is 9.53 Å². The Labute approximate surface area is 145 Å². The van der Waals surface area contributed by atoms with Crippen molar-refractivity contribution in [1.82, 2.24) is 0 Å². The maximum Gasteiger partial charge on any atom is 0.313 e. The van der Waals surface area contributed by atoms with E-state index in [4.69, 9.17) is 21.1 Å². The molecule has 0 N–H and O–H groups in total. The first-order valence-electron chi connectivity index (χ1n) is 7.72. The number of rotatable bonds is 7. The lowest BCUT2D eigenvalue weighted by molar-refractivity contribution is -0.146. The van der Waals surface area contributed by atoms with Gasteiger partial charge in [-0.15, -0.1) is 0 Å². The zero-order valence-electron chi connectivity index (χ0n) is 13.2. The second kappa shape index (κ2) is 7.69. The van der Waals surface area contributed by atoms with Gasteiger partial charge in [-0.05, 0) is 65.2 Å². The average Bonchev–Trinajstić information content (AvgIpc) is 3.21. The number of carbonyl (C=O) groups excluding carboxylic acids is 1. The Morgan fingerprint density at radius 3 is 2.59 bits per heavy atom. The van der Waals surface area contributed by atoms with Gasteiger partial charge in [0.05, 0.1) is 28.6 Å². The summed E-state index contributed by atoms with van der Waals surface area (Å²) < 4.78 is 11.8. The van der Waals surface area contributed by atoms with E-state index in [1.807, 2.05) is 32.9 Å². The molecule has 0 radical (unpaired) electrons. The van der Waals surface area contributed by atoms with E-state index in [1.165, 1.54) is 12.8 Å². The van der Waals surface area contributed by atoms with Crippen LogP contribution in [-0.4, -0.2) is 19.2 Å². The Hall–Kier alpha value is -0.740. The van der Waals surface area contributed by atoms with Crippen LogP contribution < -0.4 is 4.74 Å². The highest BCUT2D eigenvalue weighted by atomic mass is 79.9. The Balaban J connectivity index is 2.23. The van der Waals surface area contributed by atoms with Gasteiger partial charge in [0.15, 0.2) is 5.75 Å². The molecule has 2 rings (SSSR count). The fraction of sp³-hybridized carbons (Fsp3) is 0.588. The summed E-state index contributed by atoms with van der Waals surface area (Å²) in [5.41, 5.74) is 0.851. The molecule has 1 fully saturated rings. The molecule has 0 spiro atoms. The highest BCUT2D eigenvalue weighted by Crippen LogP contribution is 2.40. The molecule has 0 saturated heterocycles. The van der Waals surface area contributed by atoms with E-state index in [2.05, 4.69) is 15.9 Å². The van der Waals surface area contributed by atoms with E-state index in [0.29, 0.717) is 29.9 Å². The Morgan fingerprint density at radius 2 is 2.09 bits per heavy atom. The van der Waals surface area contributed by atoms with Gasteiger partial charge in [-0.3, -0.25) is 4.79 Å². The molecular weight excluding hydrogens is 368 g/mol. The van der Waals surface area contributed by atoms with Gasteiger partial charge < -0.3 is 9.47 Å². The van der Waals surface area contributed by atoms with Gasteiger partial charge in [0.1, 0.15) is 0 Å². The van der Waals surface area contributed by atoms with Gasteiger partial charge in [0, 0.05) is 0 Å². The van der Waals surface area contributed by atoms with Crippen molar-refractivity contribution in [2.45, 2.75) is 39.5 Å². The van der Waals surface area contributed by atoms with E-state index in [-0.39, 0.29) is 17.8 Å². The van der Waals surface area contributed by atoms with Crippen LogP contribution in [0.1, 0.15) is 45.1 Å². The van der Waals surface area contributed by atoms with E-state index < -0.39 is 0 Å². The summed E-state index contributed by atoms with van der Waals surface area (Å²) >= 11 is 9.87. The van der Waals surface area contributed by atoms with Crippen LogP contribution in [0.15, 0.2) is 16.6 Å². The molecule has 22 heavy (non-hydrogen) atoms. The van der Waals surface area contributed by atoms with Crippen molar-refractivity contribution in [2.75, 3.05) is 13.2 Å². The molecule has 1 aliphatic carbocycles. The van der Waals surface area contributed by atoms with E-state index in [0.717, 1.165) is 10.0 Å². The van der Waals surface area contributed by atoms with Crippen LogP contribution in [0, 0.1) is 11.8 Å². The highest BCUT2D eigenvalue weighted by molar-refractivity contribution is 9.10. The minimum absolute atomic E-state index is 0.125. The largest absolute Gasteiger partial charge is 0.491 e. The SMILES string of the molecule is CCOC(=O)C(c1cc(Cl)c(OCC2CC2)c(Br)c1)C(C)C. The topological polar surface area (TPSA) is 35.5 Å². The van der Waals surface area contributed by atoms with Crippen LogP contribution in [0.25, 0.3) is 0 Å². The molecule has 122 valence electrons. The van der Waals surface area contributed by atoms with E-state index in [9.17, 15) is 4.79 Å². The van der Waals surface area contributed by atoms with Crippen molar-refractivity contribution in [3.63, 3.8) is 0 Å². The van der Waals surface area contributed by atoms with Crippen LogP contribution in [0.5, 0.6) is 5.75 Å². The Kier molecular flexibility index (Phi) is 6.16. The third kappa shape index (κ3) is 4.39. The van der Waals surface area contributed by atoms with Crippen molar-refractivity contribution in [3.8, 4) is 5.75 Å². The summed E-state index contributed by atoms with van der Waals surface area (Å²) in [5.74, 6) is 0.896. The van der Waals surface area contributed by atoms with Crippen molar-refractivity contribution in [3.05, 3.63) is 27.2 Å². The summed E-state index contributed by atoms with van der Waals surface area (Å²) in [7, 11) is 0. The maximum atomic E-state index is 12.2. The average molecular weight is 390 g/mol. The Bertz CT molecular complexity index is 518. The first kappa shape index (κ1) is 17.6. The summed E-state index contributed by atoms with van der Waals surface area (Å²) in [6, 6.07) is 3.73. The predicted molar refractivity (Wildman–Crippen MR) is 91.6 cm³/mol. The number of carbonyl (C=O) groups is 1. The maximum absolute atomic E-state index is 12.2. The lowest BCUT2D eigenvalue weighted by Gasteiger charge is -2.21. The van der Waals surface area contributed by atoms with E-state index in [1.54, 1.807) is 0 Å². The number of esters is 1. The van der Waals surface area contributed by atoms with Crippen LogP contribution in [0.3, 0.4) is 0 Å². The fourth-order valence-corrected chi connectivity index (χ4v) is 3.40. The molecule has 1 atom stereocenters. The zero-order valence-corrected chi connectivity index (χ0v) is 15.5. The van der Waals surface area contributed by atoms with Crippen LogP contribution in [0.4, 0.5) is 0 Å². The van der Waals surface area contributed by atoms with Gasteiger partial charge in [0.2, 0.25) is 0 Å². The molecule has 0 heterocycles. The third-order valence-electron chi connectivity index (χ3n) is 3.75. The summed E-state index contributed by atoms with van der Waals surface area (Å²) in [4.78, 5) is 12.2. The fourth-order valence-electron chi connectivity index (χ4n) is 2.41. The van der Waals surface area contributed by atoms with Gasteiger partial charge in [-0.1, -0.05) is 25.4 Å². The lowest BCUT2D eigenvalue weighted by Crippen LogP contribution is -2.21. The number of ether oxygens (including phenoxy) is 2. The standard InChI is InChI=1S/C17H22BrClO3/c1-4-21-17(20)15(10(2)3)12-7-13(18)16(14(19)8-12)22-9-11-5-6-11/h7-8,10-11,15H,4-6,9H2,1-3H3. The summed E-state index contributed by atoms with van der Waals surface area (Å²) in [6.07, 6.45) is 2.46.